The van der Waals surface area contributed by atoms with Gasteiger partial charge in [0.05, 0.1) is 4.75 Å². The van der Waals surface area contributed by atoms with E-state index in [-0.39, 0.29) is 0 Å². The Bertz CT molecular complexity index is 224. The number of hydrogen-bond acceptors (Lipinski definition) is 2. The first-order valence-corrected chi connectivity index (χ1v) is 5.37. The molecule has 0 aromatic carbocycles. The molecule has 0 aliphatic heterocycles. The molecular weight excluding hydrogens is 164 g/mol. The second-order valence-electron chi connectivity index (χ2n) is 3.49. The molecule has 11 heavy (non-hydrogen) atoms. The summed E-state index contributed by atoms with van der Waals surface area (Å²) in [6, 6.07) is 0. The average Bonchev–Trinajstić information content (AvgIpc) is 1.87. The first kappa shape index (κ1) is 9.00. The molecule has 4 heteroatoms. The highest BCUT2D eigenvalue weighted by Crippen LogP contribution is 2.33. The van der Waals surface area contributed by atoms with Crippen LogP contribution in [0.15, 0.2) is 0 Å². The normalized spacial score (nSPS) is 24.9. The van der Waals surface area contributed by atoms with Gasteiger partial charge in [0.25, 0.3) is 10.1 Å². The fourth-order valence-electron chi connectivity index (χ4n) is 1.56. The molecule has 0 aromatic heterocycles. The molecule has 66 valence electrons. The lowest BCUT2D eigenvalue weighted by molar-refractivity contribution is 0.357. The van der Waals surface area contributed by atoms with Crippen molar-refractivity contribution in [3.63, 3.8) is 0 Å². The van der Waals surface area contributed by atoms with Gasteiger partial charge in [-0.25, -0.2) is 0 Å². The Labute approximate surface area is 67.6 Å². The van der Waals surface area contributed by atoms with Gasteiger partial charge in [-0.2, -0.15) is 8.42 Å². The molecule has 0 heterocycles. The van der Waals surface area contributed by atoms with Crippen LogP contribution in [0.1, 0.15) is 39.0 Å². The zero-order valence-electron chi connectivity index (χ0n) is 6.71. The maximum Gasteiger partial charge on any atom is 0.270 e. The molecule has 0 spiro atoms. The Morgan fingerprint density at radius 1 is 1.18 bits per heavy atom. The Balaban J connectivity index is 2.81. The van der Waals surface area contributed by atoms with Crippen LogP contribution >= 0.6 is 0 Å². The van der Waals surface area contributed by atoms with Crippen LogP contribution in [-0.2, 0) is 10.1 Å². The van der Waals surface area contributed by atoms with Gasteiger partial charge in [0.15, 0.2) is 0 Å². The molecule has 0 amide bonds. The minimum atomic E-state index is -3.83. The zero-order valence-corrected chi connectivity index (χ0v) is 7.52. The van der Waals surface area contributed by atoms with Crippen molar-refractivity contribution in [3.05, 3.63) is 0 Å². The van der Waals surface area contributed by atoms with Crippen molar-refractivity contribution >= 4 is 10.1 Å². The van der Waals surface area contributed by atoms with Crippen LogP contribution in [0.3, 0.4) is 0 Å². The summed E-state index contributed by atoms with van der Waals surface area (Å²) in [7, 11) is -3.83. The van der Waals surface area contributed by atoms with Crippen molar-refractivity contribution in [1.82, 2.24) is 0 Å². The molecule has 1 aliphatic carbocycles. The molecule has 0 unspecified atom stereocenters. The third-order valence-corrected chi connectivity index (χ3v) is 4.19. The molecule has 0 saturated heterocycles. The van der Waals surface area contributed by atoms with Crippen molar-refractivity contribution in [2.75, 3.05) is 0 Å². The summed E-state index contributed by atoms with van der Waals surface area (Å²) in [4.78, 5) is 0. The first-order chi connectivity index (χ1) is 4.96. The van der Waals surface area contributed by atoms with Crippen LogP contribution in [0.5, 0.6) is 0 Å². The van der Waals surface area contributed by atoms with Crippen LogP contribution in [0, 0.1) is 0 Å². The molecule has 3 nitrogen and oxygen atoms in total. The highest BCUT2D eigenvalue weighted by Gasteiger charge is 2.38. The van der Waals surface area contributed by atoms with Crippen molar-refractivity contribution in [1.29, 1.82) is 0 Å². The van der Waals surface area contributed by atoms with E-state index in [0.29, 0.717) is 12.8 Å². The highest BCUT2D eigenvalue weighted by atomic mass is 32.2. The van der Waals surface area contributed by atoms with Gasteiger partial charge in [0, 0.05) is 0 Å². The largest absolute Gasteiger partial charge is 0.285 e. The molecule has 0 atom stereocenters. The van der Waals surface area contributed by atoms with E-state index in [1.807, 2.05) is 0 Å². The quantitative estimate of drug-likeness (QED) is 0.620. The molecule has 0 radical (unpaired) electrons. The summed E-state index contributed by atoms with van der Waals surface area (Å²) < 4.78 is 29.7. The van der Waals surface area contributed by atoms with Crippen LogP contribution in [0.4, 0.5) is 0 Å². The molecule has 1 fully saturated rings. The van der Waals surface area contributed by atoms with Crippen molar-refractivity contribution in [2.24, 2.45) is 0 Å². The van der Waals surface area contributed by atoms with E-state index in [1.165, 1.54) is 0 Å². The van der Waals surface area contributed by atoms with Gasteiger partial charge in [-0.1, -0.05) is 19.3 Å². The Morgan fingerprint density at radius 2 is 1.64 bits per heavy atom. The van der Waals surface area contributed by atoms with E-state index in [0.717, 1.165) is 19.3 Å². The summed E-state index contributed by atoms with van der Waals surface area (Å²) in [6.07, 6.45) is 4.12. The summed E-state index contributed by atoms with van der Waals surface area (Å²) >= 11 is 0. The van der Waals surface area contributed by atoms with Crippen LogP contribution in [0.2, 0.25) is 0 Å². The standard InChI is InChI=1S/C7H14O3S/c1-7(11(8,9)10)5-3-2-4-6-7/h2-6H2,1H3,(H,8,9,10). The predicted octanol–water partition coefficient (Wildman–Crippen LogP) is 1.60. The SMILES string of the molecule is CC1(S(=O)(=O)O)CCCCC1. The second-order valence-corrected chi connectivity index (χ2v) is 5.42. The minimum absolute atomic E-state index is 0.603. The van der Waals surface area contributed by atoms with Crippen LogP contribution in [0.25, 0.3) is 0 Å². The van der Waals surface area contributed by atoms with Crippen molar-refractivity contribution in [2.45, 2.75) is 43.8 Å². The minimum Gasteiger partial charge on any atom is -0.285 e. The summed E-state index contributed by atoms with van der Waals surface area (Å²) in [5, 5.41) is 0. The van der Waals surface area contributed by atoms with Crippen molar-refractivity contribution in [3.8, 4) is 0 Å². The Hall–Kier alpha value is -0.0900. The van der Waals surface area contributed by atoms with Crippen LogP contribution in [-0.4, -0.2) is 17.7 Å². The van der Waals surface area contributed by atoms with Gasteiger partial charge in [-0.15, -0.1) is 0 Å². The maximum absolute atomic E-state index is 10.9. The molecule has 1 rings (SSSR count). The molecule has 1 N–H and O–H groups in total. The molecular formula is C7H14O3S. The third-order valence-electron chi connectivity index (χ3n) is 2.53. The number of rotatable bonds is 1. The van der Waals surface area contributed by atoms with E-state index in [2.05, 4.69) is 0 Å². The number of hydrogen-bond donors (Lipinski definition) is 1. The van der Waals surface area contributed by atoms with E-state index in [9.17, 15) is 8.42 Å². The topological polar surface area (TPSA) is 54.4 Å². The molecule has 1 aliphatic rings. The van der Waals surface area contributed by atoms with Gasteiger partial charge < -0.3 is 0 Å². The lowest BCUT2D eigenvalue weighted by Crippen LogP contribution is -2.36. The van der Waals surface area contributed by atoms with Gasteiger partial charge in [0.2, 0.25) is 0 Å². The zero-order chi connectivity index (χ0) is 8.54. The highest BCUT2D eigenvalue weighted by molar-refractivity contribution is 7.87. The first-order valence-electron chi connectivity index (χ1n) is 3.93. The smallest absolute Gasteiger partial charge is 0.270 e. The van der Waals surface area contributed by atoms with Gasteiger partial charge in [0.1, 0.15) is 0 Å². The molecule has 1 saturated carbocycles. The van der Waals surface area contributed by atoms with E-state index in [4.69, 9.17) is 4.55 Å². The lowest BCUT2D eigenvalue weighted by atomic mass is 9.90. The van der Waals surface area contributed by atoms with E-state index >= 15 is 0 Å². The summed E-state index contributed by atoms with van der Waals surface area (Å²) in [6.45, 7) is 1.63. The van der Waals surface area contributed by atoms with E-state index in [1.54, 1.807) is 6.92 Å². The summed E-state index contributed by atoms with van der Waals surface area (Å²) in [5.41, 5.74) is 0. The molecule has 0 bridgehead atoms. The third kappa shape index (κ3) is 1.73. The van der Waals surface area contributed by atoms with Gasteiger partial charge in [-0.05, 0) is 19.8 Å². The monoisotopic (exact) mass is 178 g/mol. The molecule has 0 aromatic rings. The fourth-order valence-corrected chi connectivity index (χ4v) is 2.36. The average molecular weight is 178 g/mol. The summed E-state index contributed by atoms with van der Waals surface area (Å²) in [5.74, 6) is 0. The maximum atomic E-state index is 10.9. The van der Waals surface area contributed by atoms with E-state index < -0.39 is 14.9 Å². The van der Waals surface area contributed by atoms with Crippen molar-refractivity contribution < 1.29 is 13.0 Å². The Kier molecular flexibility index (Phi) is 2.25. The van der Waals surface area contributed by atoms with Gasteiger partial charge in [-0.3, -0.25) is 4.55 Å². The fraction of sp³-hybridized carbons (Fsp3) is 1.00. The Morgan fingerprint density at radius 3 is 1.91 bits per heavy atom. The second kappa shape index (κ2) is 2.75. The van der Waals surface area contributed by atoms with Gasteiger partial charge >= 0.3 is 0 Å². The van der Waals surface area contributed by atoms with Crippen LogP contribution < -0.4 is 0 Å². The lowest BCUT2D eigenvalue weighted by Gasteiger charge is -2.29. The predicted molar refractivity (Wildman–Crippen MR) is 43.0 cm³/mol.